The van der Waals surface area contributed by atoms with Gasteiger partial charge in [0.05, 0.1) is 10.4 Å². The zero-order chi connectivity index (χ0) is 17.3. The number of carbonyl (C=O) groups excluding carboxylic acids is 1. The highest BCUT2D eigenvalue weighted by atomic mass is 35.5. The summed E-state index contributed by atoms with van der Waals surface area (Å²) in [7, 11) is 0. The molecule has 0 bridgehead atoms. The number of halogens is 3. The van der Waals surface area contributed by atoms with Crippen LogP contribution >= 0.6 is 22.9 Å². The van der Waals surface area contributed by atoms with Crippen molar-refractivity contribution in [3.63, 3.8) is 0 Å². The zero-order valence-corrected chi connectivity index (χ0v) is 13.8. The normalized spacial score (nSPS) is 10.7. The second-order valence-electron chi connectivity index (χ2n) is 4.76. The largest absolute Gasteiger partial charge is 0.403 e. The molecular formula is C16H9ClF2N2O2S. The predicted molar refractivity (Wildman–Crippen MR) is 86.4 cm³/mol. The number of hydrogen-bond donors (Lipinski definition) is 0. The Morgan fingerprint density at radius 2 is 2.04 bits per heavy atom. The Kier molecular flexibility index (Phi) is 4.55. The van der Waals surface area contributed by atoms with Crippen LogP contribution in [0.3, 0.4) is 0 Å². The maximum absolute atomic E-state index is 13.6. The molecule has 2 aromatic heterocycles. The molecule has 0 aliphatic carbocycles. The van der Waals surface area contributed by atoms with Crippen molar-refractivity contribution in [3.8, 4) is 16.5 Å². The van der Waals surface area contributed by atoms with Crippen molar-refractivity contribution in [3.05, 3.63) is 63.8 Å². The van der Waals surface area contributed by atoms with E-state index in [0.29, 0.717) is 26.7 Å². The number of hydrogen-bond acceptors (Lipinski definition) is 5. The molecule has 0 aliphatic rings. The van der Waals surface area contributed by atoms with Crippen molar-refractivity contribution < 1.29 is 18.3 Å². The highest BCUT2D eigenvalue weighted by molar-refractivity contribution is 7.15. The quantitative estimate of drug-likeness (QED) is 0.499. The third-order valence-corrected chi connectivity index (χ3v) is 4.29. The number of esters is 1. The molecule has 122 valence electrons. The van der Waals surface area contributed by atoms with E-state index in [4.69, 9.17) is 16.3 Å². The van der Waals surface area contributed by atoms with Gasteiger partial charge < -0.3 is 4.74 Å². The lowest BCUT2D eigenvalue weighted by molar-refractivity contribution is 0.0722. The van der Waals surface area contributed by atoms with Gasteiger partial charge in [-0.1, -0.05) is 11.6 Å². The Labute approximate surface area is 144 Å². The van der Waals surface area contributed by atoms with Crippen molar-refractivity contribution in [1.29, 1.82) is 0 Å². The van der Waals surface area contributed by atoms with Crippen LogP contribution < -0.4 is 4.74 Å². The monoisotopic (exact) mass is 366 g/mol. The number of ether oxygens (including phenoxy) is 1. The predicted octanol–water partition coefficient (Wildman–Crippen LogP) is 4.66. The third-order valence-electron chi connectivity index (χ3n) is 3.07. The smallest absolute Gasteiger partial charge is 0.347 e. The van der Waals surface area contributed by atoms with E-state index in [2.05, 4.69) is 9.97 Å². The zero-order valence-electron chi connectivity index (χ0n) is 12.2. The first-order valence-corrected chi connectivity index (χ1v) is 7.90. The first kappa shape index (κ1) is 16.5. The molecule has 0 saturated carbocycles. The molecule has 0 saturated heterocycles. The number of pyridine rings is 1. The SMILES string of the molecule is Cc1sc(-c2ccc(Cl)nc2)nc1OC(=O)c1ccc(F)cc1F. The number of aryl methyl sites for hydroxylation is 1. The van der Waals surface area contributed by atoms with Gasteiger partial charge in [-0.15, -0.1) is 11.3 Å². The molecule has 8 heteroatoms. The molecule has 24 heavy (non-hydrogen) atoms. The number of aromatic nitrogens is 2. The summed E-state index contributed by atoms with van der Waals surface area (Å²) in [6, 6.07) is 5.98. The van der Waals surface area contributed by atoms with Crippen LogP contribution in [0.4, 0.5) is 8.78 Å². The topological polar surface area (TPSA) is 52.1 Å². The van der Waals surface area contributed by atoms with E-state index < -0.39 is 17.6 Å². The molecule has 0 unspecified atom stereocenters. The van der Waals surface area contributed by atoms with Crippen molar-refractivity contribution in [2.24, 2.45) is 0 Å². The van der Waals surface area contributed by atoms with E-state index in [9.17, 15) is 13.6 Å². The fourth-order valence-corrected chi connectivity index (χ4v) is 2.84. The van der Waals surface area contributed by atoms with Crippen LogP contribution in [0.5, 0.6) is 5.88 Å². The minimum atomic E-state index is -0.991. The van der Waals surface area contributed by atoms with Crippen molar-refractivity contribution in [2.75, 3.05) is 0 Å². The van der Waals surface area contributed by atoms with Gasteiger partial charge >= 0.3 is 5.97 Å². The van der Waals surface area contributed by atoms with Gasteiger partial charge in [0, 0.05) is 17.8 Å². The first-order chi connectivity index (χ1) is 11.4. The van der Waals surface area contributed by atoms with E-state index in [1.807, 2.05) is 0 Å². The number of nitrogens with zero attached hydrogens (tertiary/aromatic N) is 2. The van der Waals surface area contributed by atoms with Crippen LogP contribution in [0.1, 0.15) is 15.2 Å². The van der Waals surface area contributed by atoms with E-state index in [0.717, 1.165) is 12.1 Å². The lowest BCUT2D eigenvalue weighted by atomic mass is 10.2. The van der Waals surface area contributed by atoms with Crippen LogP contribution in [0.2, 0.25) is 5.15 Å². The maximum Gasteiger partial charge on any atom is 0.347 e. The van der Waals surface area contributed by atoms with Gasteiger partial charge in [-0.3, -0.25) is 0 Å². The van der Waals surface area contributed by atoms with Gasteiger partial charge in [0.1, 0.15) is 21.8 Å². The van der Waals surface area contributed by atoms with E-state index >= 15 is 0 Å². The Bertz CT molecular complexity index is 913. The molecule has 4 nitrogen and oxygen atoms in total. The molecular weight excluding hydrogens is 358 g/mol. The summed E-state index contributed by atoms with van der Waals surface area (Å²) in [4.78, 5) is 20.9. The fourth-order valence-electron chi connectivity index (χ4n) is 1.90. The van der Waals surface area contributed by atoms with E-state index in [-0.39, 0.29) is 11.4 Å². The van der Waals surface area contributed by atoms with Crippen LogP contribution in [-0.4, -0.2) is 15.9 Å². The van der Waals surface area contributed by atoms with E-state index in [1.54, 1.807) is 25.3 Å². The third kappa shape index (κ3) is 3.42. The van der Waals surface area contributed by atoms with Crippen molar-refractivity contribution in [2.45, 2.75) is 6.92 Å². The Hall–Kier alpha value is -2.38. The molecule has 0 amide bonds. The number of benzene rings is 1. The molecule has 0 radical (unpaired) electrons. The van der Waals surface area contributed by atoms with Gasteiger partial charge in [0.15, 0.2) is 0 Å². The molecule has 0 aliphatic heterocycles. The van der Waals surface area contributed by atoms with Gasteiger partial charge in [0.25, 0.3) is 0 Å². The van der Waals surface area contributed by atoms with Gasteiger partial charge in [-0.25, -0.2) is 23.5 Å². The van der Waals surface area contributed by atoms with Crippen molar-refractivity contribution >= 4 is 28.9 Å². The Morgan fingerprint density at radius 1 is 1.25 bits per heavy atom. The minimum absolute atomic E-state index is 0.0682. The highest BCUT2D eigenvalue weighted by Gasteiger charge is 2.19. The molecule has 0 atom stereocenters. The summed E-state index contributed by atoms with van der Waals surface area (Å²) in [5.74, 6) is -2.64. The average Bonchev–Trinajstić information content (AvgIpc) is 2.88. The Morgan fingerprint density at radius 3 is 2.71 bits per heavy atom. The lowest BCUT2D eigenvalue weighted by Gasteiger charge is -2.03. The maximum atomic E-state index is 13.6. The molecule has 2 heterocycles. The minimum Gasteiger partial charge on any atom is -0.403 e. The summed E-state index contributed by atoms with van der Waals surface area (Å²) in [5.41, 5.74) is 0.348. The Balaban J connectivity index is 1.85. The standard InChI is InChI=1S/C16H9ClF2N2O2S/c1-8-14(21-15(24-8)9-2-5-13(17)20-7-9)23-16(22)11-4-3-10(18)6-12(11)19/h2-7H,1H3. The van der Waals surface area contributed by atoms with Crippen LogP contribution in [0.25, 0.3) is 10.6 Å². The summed E-state index contributed by atoms with van der Waals surface area (Å²) in [5, 5.41) is 0.935. The fraction of sp³-hybridized carbons (Fsp3) is 0.0625. The summed E-state index contributed by atoms with van der Waals surface area (Å²) in [6.07, 6.45) is 1.55. The molecule has 3 rings (SSSR count). The van der Waals surface area contributed by atoms with Crippen molar-refractivity contribution in [1.82, 2.24) is 9.97 Å². The summed E-state index contributed by atoms with van der Waals surface area (Å²) in [6.45, 7) is 1.72. The number of rotatable bonds is 3. The van der Waals surface area contributed by atoms with E-state index in [1.165, 1.54) is 11.3 Å². The van der Waals surface area contributed by atoms with Crippen LogP contribution in [0, 0.1) is 18.6 Å². The number of carbonyl (C=O) groups is 1. The van der Waals surface area contributed by atoms with Crippen LogP contribution in [0.15, 0.2) is 36.5 Å². The highest BCUT2D eigenvalue weighted by Crippen LogP contribution is 2.32. The molecule has 0 spiro atoms. The molecule has 3 aromatic rings. The first-order valence-electron chi connectivity index (χ1n) is 6.70. The summed E-state index contributed by atoms with van der Waals surface area (Å²) >= 11 is 7.03. The molecule has 0 fully saturated rings. The van der Waals surface area contributed by atoms with Crippen LogP contribution in [-0.2, 0) is 0 Å². The number of thiazole rings is 1. The van der Waals surface area contributed by atoms with Gasteiger partial charge in [-0.2, -0.15) is 0 Å². The molecule has 1 aromatic carbocycles. The average molecular weight is 367 g/mol. The van der Waals surface area contributed by atoms with Gasteiger partial charge in [0.2, 0.25) is 5.88 Å². The lowest BCUT2D eigenvalue weighted by Crippen LogP contribution is -2.11. The molecule has 0 N–H and O–H groups in total. The second-order valence-corrected chi connectivity index (χ2v) is 6.35. The van der Waals surface area contributed by atoms with Gasteiger partial charge in [-0.05, 0) is 31.2 Å². The second kappa shape index (κ2) is 6.62. The summed E-state index contributed by atoms with van der Waals surface area (Å²) < 4.78 is 31.7.